The highest BCUT2D eigenvalue weighted by molar-refractivity contribution is 7.91. The summed E-state index contributed by atoms with van der Waals surface area (Å²) in [6.45, 7) is 7.15. The molecule has 1 atom stereocenters. The Morgan fingerprint density at radius 3 is 2.54 bits per heavy atom. The van der Waals surface area contributed by atoms with Crippen LogP contribution in [0.25, 0.3) is 11.1 Å². The minimum absolute atomic E-state index is 0.0116. The van der Waals surface area contributed by atoms with Crippen molar-refractivity contribution in [3.8, 4) is 22.8 Å². The van der Waals surface area contributed by atoms with Crippen LogP contribution >= 0.6 is 11.6 Å². The summed E-state index contributed by atoms with van der Waals surface area (Å²) >= 11 is 6.39. The van der Waals surface area contributed by atoms with Crippen LogP contribution in [0.1, 0.15) is 45.6 Å². The van der Waals surface area contributed by atoms with E-state index >= 15 is 0 Å². The smallest absolute Gasteiger partial charge is 0.256 e. The van der Waals surface area contributed by atoms with Crippen LogP contribution in [0.15, 0.2) is 42.0 Å². The van der Waals surface area contributed by atoms with Gasteiger partial charge < -0.3 is 19.5 Å². The average molecular weight is 703 g/mol. The molecule has 0 unspecified atom stereocenters. The van der Waals surface area contributed by atoms with Gasteiger partial charge in [0.05, 0.1) is 42.8 Å². The molecule has 1 aliphatic carbocycles. The molecule has 2 aliphatic rings. The van der Waals surface area contributed by atoms with Gasteiger partial charge in [-0.15, -0.1) is 5.10 Å². The highest BCUT2D eigenvalue weighted by atomic mass is 35.5. The third kappa shape index (κ3) is 9.39. The van der Waals surface area contributed by atoms with Gasteiger partial charge in [0.25, 0.3) is 5.88 Å². The average Bonchev–Trinajstić information content (AvgIpc) is 3.51. The Morgan fingerprint density at radius 2 is 1.88 bits per heavy atom. The van der Waals surface area contributed by atoms with Gasteiger partial charge in [-0.1, -0.05) is 29.8 Å². The van der Waals surface area contributed by atoms with E-state index in [0.29, 0.717) is 34.3 Å². The van der Waals surface area contributed by atoms with Gasteiger partial charge in [0, 0.05) is 42.8 Å². The molecule has 1 aliphatic heterocycles. The van der Waals surface area contributed by atoms with E-state index < -0.39 is 15.9 Å². The molecule has 1 aromatic carbocycles. The minimum Gasteiger partial charge on any atom is -0.487 e. The molecule has 48 heavy (non-hydrogen) atoms. The number of anilines is 2. The Balaban J connectivity index is 1.28. The van der Waals surface area contributed by atoms with E-state index in [1.54, 1.807) is 38.4 Å². The molecule has 0 radical (unpaired) electrons. The van der Waals surface area contributed by atoms with Crippen molar-refractivity contribution >= 4 is 39.4 Å². The van der Waals surface area contributed by atoms with E-state index in [0.717, 1.165) is 74.5 Å². The molecule has 0 amide bonds. The molecule has 0 spiro atoms. The first-order chi connectivity index (χ1) is 23.2. The monoisotopic (exact) mass is 702 g/mol. The van der Waals surface area contributed by atoms with Gasteiger partial charge in [-0.25, -0.2) is 23.4 Å². The standard InChI is InChI=1S/C31H43ClN10O5S/c1-3-48(43,44)15-14-46-30-28(20-42(38-30)26-7-5-25(6-8-26)40-10-12-45-13-11-40)37-31-35-17-24(18-36-31)23-4-9-27(32)29(16-23)47-22(2)19-41(21-33)39-34/h4,9,16-18,20-22,25-26,33-34H,3,5-8,10-15,19H2,1-2H3,(H,35,36,37)/t22-,25?,26?/m0/s1. The zero-order chi connectivity index (χ0) is 34.1. The number of aromatic nitrogens is 4. The zero-order valence-electron chi connectivity index (χ0n) is 27.2. The van der Waals surface area contributed by atoms with Crippen LogP contribution in [0.5, 0.6) is 11.6 Å². The number of hydrogen-bond acceptors (Lipinski definition) is 13. The van der Waals surface area contributed by atoms with Gasteiger partial charge >= 0.3 is 0 Å². The maximum Gasteiger partial charge on any atom is 0.256 e. The number of halogens is 1. The number of benzene rings is 1. The second kappa shape index (κ2) is 16.5. The van der Waals surface area contributed by atoms with Gasteiger partial charge in [0.1, 0.15) is 30.5 Å². The Hall–Kier alpha value is -3.86. The molecule has 3 heterocycles. The Morgan fingerprint density at radius 1 is 1.17 bits per heavy atom. The van der Waals surface area contributed by atoms with Gasteiger partial charge in [-0.2, -0.15) is 5.53 Å². The minimum atomic E-state index is -3.20. The van der Waals surface area contributed by atoms with E-state index in [4.69, 9.17) is 41.9 Å². The molecular formula is C31H43ClN10O5S. The van der Waals surface area contributed by atoms with Crippen molar-refractivity contribution in [1.82, 2.24) is 29.7 Å². The van der Waals surface area contributed by atoms with Crippen LogP contribution in [-0.2, 0) is 14.6 Å². The van der Waals surface area contributed by atoms with Crippen LogP contribution in [0, 0.1) is 10.9 Å². The van der Waals surface area contributed by atoms with Crippen molar-refractivity contribution in [1.29, 1.82) is 10.9 Å². The van der Waals surface area contributed by atoms with Crippen LogP contribution in [0.4, 0.5) is 11.6 Å². The first-order valence-electron chi connectivity index (χ1n) is 16.1. The Labute approximate surface area is 285 Å². The number of hydrogen-bond donors (Lipinski definition) is 3. The molecule has 3 N–H and O–H groups in total. The number of ether oxygens (including phenoxy) is 3. The number of nitrogens with one attached hydrogen (secondary N) is 3. The lowest BCUT2D eigenvalue weighted by Gasteiger charge is -2.38. The summed E-state index contributed by atoms with van der Waals surface area (Å²) in [7, 11) is -3.20. The molecule has 0 bridgehead atoms. The fraction of sp³-hybridized carbons (Fsp3) is 0.548. The van der Waals surface area contributed by atoms with E-state index in [-0.39, 0.29) is 30.7 Å². The summed E-state index contributed by atoms with van der Waals surface area (Å²) in [5.41, 5.74) is 9.19. The summed E-state index contributed by atoms with van der Waals surface area (Å²) in [6.07, 6.45) is 9.89. The maximum atomic E-state index is 12.1. The molecule has 17 heteroatoms. The molecule has 260 valence electrons. The molecule has 3 aromatic rings. The van der Waals surface area contributed by atoms with Crippen molar-refractivity contribution in [2.45, 2.75) is 57.7 Å². The Bertz CT molecular complexity index is 1620. The second-order valence-electron chi connectivity index (χ2n) is 11.9. The number of rotatable bonds is 16. The van der Waals surface area contributed by atoms with Gasteiger partial charge in [-0.05, 0) is 50.3 Å². The molecule has 2 fully saturated rings. The lowest BCUT2D eigenvalue weighted by molar-refractivity contribution is 0.00503. The third-order valence-corrected chi connectivity index (χ3v) is 10.6. The van der Waals surface area contributed by atoms with Crippen molar-refractivity contribution in [2.24, 2.45) is 5.22 Å². The fourth-order valence-electron chi connectivity index (χ4n) is 5.87. The molecule has 5 rings (SSSR count). The topological polar surface area (TPSA) is 184 Å². The first-order valence-corrected chi connectivity index (χ1v) is 18.3. The van der Waals surface area contributed by atoms with E-state index in [9.17, 15) is 8.42 Å². The van der Waals surface area contributed by atoms with Crippen molar-refractivity contribution < 1.29 is 22.6 Å². The summed E-state index contributed by atoms with van der Waals surface area (Å²) in [6, 6.07) is 6.09. The van der Waals surface area contributed by atoms with E-state index in [1.165, 1.54) is 0 Å². The lowest BCUT2D eigenvalue weighted by Crippen LogP contribution is -2.45. The van der Waals surface area contributed by atoms with Crippen molar-refractivity contribution in [3.05, 3.63) is 41.8 Å². The fourth-order valence-corrected chi connectivity index (χ4v) is 6.66. The summed E-state index contributed by atoms with van der Waals surface area (Å²) in [5.74, 6) is 1.02. The molecule has 2 aromatic heterocycles. The number of morpholine rings is 1. The molecule has 1 saturated heterocycles. The van der Waals surface area contributed by atoms with Gasteiger partial charge in [0.15, 0.2) is 9.84 Å². The maximum absolute atomic E-state index is 12.1. The van der Waals surface area contributed by atoms with E-state index in [2.05, 4.69) is 25.4 Å². The first kappa shape index (κ1) is 35.4. The zero-order valence-corrected chi connectivity index (χ0v) is 28.8. The van der Waals surface area contributed by atoms with Crippen LogP contribution in [0.2, 0.25) is 5.02 Å². The van der Waals surface area contributed by atoms with Crippen LogP contribution < -0.4 is 14.8 Å². The number of nitrogens with zero attached hydrogens (tertiary/aromatic N) is 7. The summed E-state index contributed by atoms with van der Waals surface area (Å²) in [5, 5.41) is 20.1. The lowest BCUT2D eigenvalue weighted by atomic mass is 9.90. The second-order valence-corrected chi connectivity index (χ2v) is 14.7. The molecule has 1 saturated carbocycles. The highest BCUT2D eigenvalue weighted by Gasteiger charge is 2.29. The third-order valence-electron chi connectivity index (χ3n) is 8.59. The van der Waals surface area contributed by atoms with Crippen LogP contribution in [-0.4, -0.2) is 108 Å². The predicted molar refractivity (Wildman–Crippen MR) is 182 cm³/mol. The summed E-state index contributed by atoms with van der Waals surface area (Å²) in [4.78, 5) is 11.6. The van der Waals surface area contributed by atoms with Crippen LogP contribution in [0.3, 0.4) is 0 Å². The Kier molecular flexibility index (Phi) is 12.2. The number of sulfone groups is 1. The largest absolute Gasteiger partial charge is 0.487 e. The predicted octanol–water partition coefficient (Wildman–Crippen LogP) is 4.99. The van der Waals surface area contributed by atoms with Crippen molar-refractivity contribution in [3.63, 3.8) is 0 Å². The quantitative estimate of drug-likeness (QED) is 0.0791. The van der Waals surface area contributed by atoms with Gasteiger partial charge in [0.2, 0.25) is 5.95 Å². The van der Waals surface area contributed by atoms with E-state index in [1.807, 2.05) is 16.9 Å². The van der Waals surface area contributed by atoms with Crippen molar-refractivity contribution in [2.75, 3.05) is 56.3 Å². The highest BCUT2D eigenvalue weighted by Crippen LogP contribution is 2.35. The van der Waals surface area contributed by atoms with Gasteiger partial charge in [-0.3, -0.25) is 15.0 Å². The normalized spacial score (nSPS) is 19.3. The summed E-state index contributed by atoms with van der Waals surface area (Å²) < 4.78 is 43.5. The molecular weight excluding hydrogens is 660 g/mol. The molecule has 15 nitrogen and oxygen atoms in total. The SMILES string of the molecule is CCS(=O)(=O)CCOc1nn(C2CCC(N3CCOCC3)CC2)cc1Nc1ncc(-c2ccc(Cl)c(O[C@@H](C)CN(C=N)N=N)c2)cn1.